The SMILES string of the molecule is Cc1oncc1C(=O)NC1CCC(=O)CC1. The first-order chi connectivity index (χ1) is 7.66. The van der Waals surface area contributed by atoms with E-state index >= 15 is 0 Å². The molecule has 1 N–H and O–H groups in total. The van der Waals surface area contributed by atoms with Gasteiger partial charge in [0.25, 0.3) is 5.91 Å². The number of ketones is 1. The Kier molecular flexibility index (Phi) is 3.03. The van der Waals surface area contributed by atoms with Gasteiger partial charge in [0.15, 0.2) is 0 Å². The zero-order valence-corrected chi connectivity index (χ0v) is 9.16. The molecule has 1 aliphatic carbocycles. The molecule has 1 amide bonds. The van der Waals surface area contributed by atoms with Crippen LogP contribution in [-0.4, -0.2) is 22.9 Å². The Labute approximate surface area is 93.2 Å². The van der Waals surface area contributed by atoms with Gasteiger partial charge in [-0.1, -0.05) is 5.16 Å². The van der Waals surface area contributed by atoms with E-state index in [-0.39, 0.29) is 17.7 Å². The summed E-state index contributed by atoms with van der Waals surface area (Å²) in [7, 11) is 0. The molecule has 0 aliphatic heterocycles. The number of nitrogens with zero attached hydrogens (tertiary/aromatic N) is 1. The zero-order chi connectivity index (χ0) is 11.5. The van der Waals surface area contributed by atoms with Crippen LogP contribution in [-0.2, 0) is 4.79 Å². The molecule has 16 heavy (non-hydrogen) atoms. The molecule has 5 nitrogen and oxygen atoms in total. The van der Waals surface area contributed by atoms with Crippen molar-refractivity contribution in [2.24, 2.45) is 0 Å². The Morgan fingerprint density at radius 3 is 2.75 bits per heavy atom. The summed E-state index contributed by atoms with van der Waals surface area (Å²) in [6.45, 7) is 1.70. The van der Waals surface area contributed by atoms with Crippen LogP contribution in [0.2, 0.25) is 0 Å². The molecule has 86 valence electrons. The number of aromatic nitrogens is 1. The molecule has 0 unspecified atom stereocenters. The topological polar surface area (TPSA) is 72.2 Å². The number of carbonyl (C=O) groups excluding carboxylic acids is 2. The Morgan fingerprint density at radius 2 is 2.19 bits per heavy atom. The molecular weight excluding hydrogens is 208 g/mol. The summed E-state index contributed by atoms with van der Waals surface area (Å²) in [6, 6.07) is 0.0968. The highest BCUT2D eigenvalue weighted by Gasteiger charge is 2.22. The van der Waals surface area contributed by atoms with E-state index in [1.165, 1.54) is 6.20 Å². The molecule has 1 heterocycles. The number of aryl methyl sites for hydroxylation is 1. The van der Waals surface area contributed by atoms with Crippen LogP contribution in [0.4, 0.5) is 0 Å². The van der Waals surface area contributed by atoms with E-state index in [1.807, 2.05) is 0 Å². The minimum Gasteiger partial charge on any atom is -0.361 e. The molecule has 0 radical (unpaired) electrons. The predicted molar refractivity (Wildman–Crippen MR) is 56.0 cm³/mol. The summed E-state index contributed by atoms with van der Waals surface area (Å²) >= 11 is 0. The Morgan fingerprint density at radius 1 is 1.50 bits per heavy atom. The summed E-state index contributed by atoms with van der Waals surface area (Å²) in [4.78, 5) is 22.8. The van der Waals surface area contributed by atoms with Gasteiger partial charge in [0.1, 0.15) is 17.1 Å². The van der Waals surface area contributed by atoms with Crippen LogP contribution >= 0.6 is 0 Å². The fourth-order valence-electron chi connectivity index (χ4n) is 1.86. The quantitative estimate of drug-likeness (QED) is 0.816. The summed E-state index contributed by atoms with van der Waals surface area (Å²) in [5, 5.41) is 6.45. The normalized spacial score (nSPS) is 17.4. The van der Waals surface area contributed by atoms with Crippen molar-refractivity contribution in [2.75, 3.05) is 0 Å². The Hall–Kier alpha value is -1.65. The van der Waals surface area contributed by atoms with Crippen LogP contribution in [0.25, 0.3) is 0 Å². The fraction of sp³-hybridized carbons (Fsp3) is 0.545. The average Bonchev–Trinajstić information content (AvgIpc) is 2.68. The second kappa shape index (κ2) is 4.47. The van der Waals surface area contributed by atoms with Gasteiger partial charge < -0.3 is 9.84 Å². The van der Waals surface area contributed by atoms with Gasteiger partial charge in [0, 0.05) is 18.9 Å². The number of amides is 1. The maximum Gasteiger partial charge on any atom is 0.256 e. The van der Waals surface area contributed by atoms with Crippen molar-refractivity contribution in [3.8, 4) is 0 Å². The van der Waals surface area contributed by atoms with Gasteiger partial charge in [0.05, 0.1) is 6.20 Å². The molecule has 2 rings (SSSR count). The van der Waals surface area contributed by atoms with E-state index in [1.54, 1.807) is 6.92 Å². The Bertz CT molecular complexity index is 401. The van der Waals surface area contributed by atoms with Gasteiger partial charge in [-0.15, -0.1) is 0 Å². The van der Waals surface area contributed by atoms with Gasteiger partial charge in [-0.25, -0.2) is 0 Å². The monoisotopic (exact) mass is 222 g/mol. The van der Waals surface area contributed by atoms with E-state index in [9.17, 15) is 9.59 Å². The maximum absolute atomic E-state index is 11.8. The highest BCUT2D eigenvalue weighted by molar-refractivity contribution is 5.95. The summed E-state index contributed by atoms with van der Waals surface area (Å²) in [5.41, 5.74) is 0.469. The molecular formula is C11H14N2O3. The third-order valence-corrected chi connectivity index (χ3v) is 2.87. The smallest absolute Gasteiger partial charge is 0.256 e. The number of Topliss-reactive ketones (excluding diaryl/α,β-unsaturated/α-hetero) is 1. The molecule has 0 bridgehead atoms. The number of carbonyl (C=O) groups is 2. The van der Waals surface area contributed by atoms with Crippen LogP contribution in [0, 0.1) is 6.92 Å². The minimum atomic E-state index is -0.168. The van der Waals surface area contributed by atoms with Crippen molar-refractivity contribution in [1.82, 2.24) is 10.5 Å². The first-order valence-electron chi connectivity index (χ1n) is 5.40. The van der Waals surface area contributed by atoms with Crippen LogP contribution in [0.15, 0.2) is 10.7 Å². The second-order valence-corrected chi connectivity index (χ2v) is 4.08. The largest absolute Gasteiger partial charge is 0.361 e. The van der Waals surface area contributed by atoms with E-state index in [4.69, 9.17) is 4.52 Å². The average molecular weight is 222 g/mol. The van der Waals surface area contributed by atoms with Gasteiger partial charge in [-0.2, -0.15) is 0 Å². The maximum atomic E-state index is 11.8. The van der Waals surface area contributed by atoms with E-state index in [2.05, 4.69) is 10.5 Å². The van der Waals surface area contributed by atoms with Crippen LogP contribution in [0.1, 0.15) is 41.8 Å². The first-order valence-corrected chi connectivity index (χ1v) is 5.40. The van der Waals surface area contributed by atoms with Crippen molar-refractivity contribution in [2.45, 2.75) is 38.6 Å². The van der Waals surface area contributed by atoms with E-state index in [0.29, 0.717) is 24.2 Å². The van der Waals surface area contributed by atoms with Crippen molar-refractivity contribution >= 4 is 11.7 Å². The van der Waals surface area contributed by atoms with Crippen molar-refractivity contribution in [3.63, 3.8) is 0 Å². The molecule has 1 fully saturated rings. The summed E-state index contributed by atoms with van der Waals surface area (Å²) in [5.74, 6) is 0.633. The number of hydrogen-bond acceptors (Lipinski definition) is 4. The van der Waals surface area contributed by atoms with Crippen LogP contribution < -0.4 is 5.32 Å². The molecule has 0 spiro atoms. The third-order valence-electron chi connectivity index (χ3n) is 2.87. The van der Waals surface area contributed by atoms with Crippen LogP contribution in [0.5, 0.6) is 0 Å². The van der Waals surface area contributed by atoms with Gasteiger partial charge in [-0.05, 0) is 19.8 Å². The number of rotatable bonds is 2. The lowest BCUT2D eigenvalue weighted by atomic mass is 9.94. The minimum absolute atomic E-state index is 0.0968. The fourth-order valence-corrected chi connectivity index (χ4v) is 1.86. The van der Waals surface area contributed by atoms with E-state index < -0.39 is 0 Å². The molecule has 1 aliphatic rings. The molecule has 0 atom stereocenters. The summed E-state index contributed by atoms with van der Waals surface area (Å²) in [6.07, 6.45) is 4.00. The Balaban J connectivity index is 1.93. The van der Waals surface area contributed by atoms with Gasteiger partial charge in [-0.3, -0.25) is 9.59 Å². The van der Waals surface area contributed by atoms with Gasteiger partial charge >= 0.3 is 0 Å². The highest BCUT2D eigenvalue weighted by atomic mass is 16.5. The summed E-state index contributed by atoms with van der Waals surface area (Å²) < 4.78 is 4.83. The van der Waals surface area contributed by atoms with Crippen molar-refractivity contribution in [3.05, 3.63) is 17.5 Å². The number of hydrogen-bond donors (Lipinski definition) is 1. The lowest BCUT2D eigenvalue weighted by molar-refractivity contribution is -0.120. The lowest BCUT2D eigenvalue weighted by Crippen LogP contribution is -2.37. The van der Waals surface area contributed by atoms with Crippen molar-refractivity contribution < 1.29 is 14.1 Å². The zero-order valence-electron chi connectivity index (χ0n) is 9.16. The number of nitrogens with one attached hydrogen (secondary N) is 1. The lowest BCUT2D eigenvalue weighted by Gasteiger charge is -2.21. The molecule has 1 saturated carbocycles. The first kappa shape index (κ1) is 10.9. The third kappa shape index (κ3) is 2.29. The predicted octanol–water partition coefficient (Wildman–Crippen LogP) is 1.22. The standard InChI is InChI=1S/C11H14N2O3/c1-7-10(6-12-16-7)11(15)13-8-2-4-9(14)5-3-8/h6,8H,2-5H2,1H3,(H,13,15). The van der Waals surface area contributed by atoms with Crippen molar-refractivity contribution in [1.29, 1.82) is 0 Å². The molecule has 0 saturated heterocycles. The molecule has 1 aromatic heterocycles. The van der Waals surface area contributed by atoms with Gasteiger partial charge in [0.2, 0.25) is 0 Å². The molecule has 5 heteroatoms. The second-order valence-electron chi connectivity index (χ2n) is 4.08. The molecule has 1 aromatic rings. The highest BCUT2D eigenvalue weighted by Crippen LogP contribution is 2.15. The molecule has 0 aromatic carbocycles. The van der Waals surface area contributed by atoms with Crippen LogP contribution in [0.3, 0.4) is 0 Å². The van der Waals surface area contributed by atoms with E-state index in [0.717, 1.165) is 12.8 Å².